The molecule has 0 aliphatic rings. The Kier molecular flexibility index (Phi) is 5.66. The SMILES string of the molecule is COc1ccc(C(NCCN=[N+]=[N-])C(N)=O)cc1C. The molecule has 1 aromatic rings. The van der Waals surface area contributed by atoms with Crippen molar-refractivity contribution in [3.8, 4) is 5.75 Å². The number of benzene rings is 1. The lowest BCUT2D eigenvalue weighted by Crippen LogP contribution is -2.35. The van der Waals surface area contributed by atoms with Crippen molar-refractivity contribution in [1.82, 2.24) is 5.32 Å². The van der Waals surface area contributed by atoms with Gasteiger partial charge in [-0.2, -0.15) is 0 Å². The standard InChI is InChI=1S/C12H17N5O2/c1-8-7-9(3-4-10(8)19-2)11(12(13)18)15-5-6-16-17-14/h3-4,7,11,15H,5-6H2,1-2H3,(H2,13,18). The highest BCUT2D eigenvalue weighted by molar-refractivity contribution is 5.81. The number of nitrogens with one attached hydrogen (secondary N) is 1. The van der Waals surface area contributed by atoms with Crippen LogP contribution in [0, 0.1) is 6.92 Å². The molecule has 1 atom stereocenters. The molecule has 7 nitrogen and oxygen atoms in total. The highest BCUT2D eigenvalue weighted by atomic mass is 16.5. The zero-order chi connectivity index (χ0) is 14.3. The van der Waals surface area contributed by atoms with Gasteiger partial charge in [-0.1, -0.05) is 17.2 Å². The summed E-state index contributed by atoms with van der Waals surface area (Å²) in [5.74, 6) is 0.270. The van der Waals surface area contributed by atoms with Crippen LogP contribution in [-0.4, -0.2) is 26.1 Å². The van der Waals surface area contributed by atoms with E-state index in [1.165, 1.54) is 0 Å². The fourth-order valence-corrected chi connectivity index (χ4v) is 1.77. The molecule has 0 spiro atoms. The fraction of sp³-hybridized carbons (Fsp3) is 0.417. The summed E-state index contributed by atoms with van der Waals surface area (Å²) >= 11 is 0. The van der Waals surface area contributed by atoms with E-state index in [0.717, 1.165) is 16.9 Å². The molecule has 0 aromatic heterocycles. The zero-order valence-electron chi connectivity index (χ0n) is 11.0. The molecule has 0 fully saturated rings. The molecule has 1 unspecified atom stereocenters. The number of azide groups is 1. The van der Waals surface area contributed by atoms with Crippen molar-refractivity contribution < 1.29 is 9.53 Å². The van der Waals surface area contributed by atoms with E-state index in [2.05, 4.69) is 15.3 Å². The van der Waals surface area contributed by atoms with E-state index < -0.39 is 11.9 Å². The zero-order valence-corrected chi connectivity index (χ0v) is 11.0. The molecule has 0 heterocycles. The molecule has 0 saturated carbocycles. The second-order valence-corrected chi connectivity index (χ2v) is 3.97. The monoisotopic (exact) mass is 263 g/mol. The van der Waals surface area contributed by atoms with Gasteiger partial charge in [0.05, 0.1) is 7.11 Å². The number of methoxy groups -OCH3 is 1. The normalized spacial score (nSPS) is 11.5. The van der Waals surface area contributed by atoms with E-state index in [9.17, 15) is 4.79 Å². The Bertz CT molecular complexity index is 497. The van der Waals surface area contributed by atoms with Crippen molar-refractivity contribution in [1.29, 1.82) is 0 Å². The maximum Gasteiger partial charge on any atom is 0.239 e. The van der Waals surface area contributed by atoms with Gasteiger partial charge in [-0.3, -0.25) is 4.79 Å². The molecule has 0 bridgehead atoms. The predicted molar refractivity (Wildman–Crippen MR) is 71.7 cm³/mol. The van der Waals surface area contributed by atoms with E-state index in [4.69, 9.17) is 16.0 Å². The minimum Gasteiger partial charge on any atom is -0.496 e. The smallest absolute Gasteiger partial charge is 0.239 e. The quantitative estimate of drug-likeness (QED) is 0.335. The molecular weight excluding hydrogens is 246 g/mol. The first-order valence-corrected chi connectivity index (χ1v) is 5.78. The number of rotatable bonds is 7. The van der Waals surface area contributed by atoms with Crippen molar-refractivity contribution in [2.24, 2.45) is 10.8 Å². The van der Waals surface area contributed by atoms with E-state index in [1.54, 1.807) is 19.2 Å². The lowest BCUT2D eigenvalue weighted by Gasteiger charge is -2.16. The number of ether oxygens (including phenoxy) is 1. The maximum absolute atomic E-state index is 11.5. The van der Waals surface area contributed by atoms with Gasteiger partial charge in [0.1, 0.15) is 11.8 Å². The van der Waals surface area contributed by atoms with Gasteiger partial charge < -0.3 is 15.8 Å². The molecule has 1 amide bonds. The van der Waals surface area contributed by atoms with Gasteiger partial charge in [-0.25, -0.2) is 0 Å². The number of carbonyl (C=O) groups excluding carboxylic acids is 1. The van der Waals surface area contributed by atoms with Gasteiger partial charge in [0.25, 0.3) is 0 Å². The Morgan fingerprint density at radius 3 is 2.89 bits per heavy atom. The molecule has 0 aliphatic heterocycles. The number of aryl methyl sites for hydroxylation is 1. The summed E-state index contributed by atoms with van der Waals surface area (Å²) in [5, 5.41) is 6.34. The predicted octanol–water partition coefficient (Wildman–Crippen LogP) is 1.43. The lowest BCUT2D eigenvalue weighted by atomic mass is 10.0. The summed E-state index contributed by atoms with van der Waals surface area (Å²) in [6, 6.07) is 4.80. The van der Waals surface area contributed by atoms with Gasteiger partial charge in [0, 0.05) is 18.0 Å². The first-order valence-electron chi connectivity index (χ1n) is 5.78. The summed E-state index contributed by atoms with van der Waals surface area (Å²) in [5.41, 5.74) is 15.2. The molecule has 0 aliphatic carbocycles. The number of carbonyl (C=O) groups is 1. The molecule has 0 saturated heterocycles. The van der Waals surface area contributed by atoms with Crippen molar-refractivity contribution >= 4 is 5.91 Å². The van der Waals surface area contributed by atoms with E-state index in [-0.39, 0.29) is 6.54 Å². The summed E-state index contributed by atoms with van der Waals surface area (Å²) < 4.78 is 5.16. The topological polar surface area (TPSA) is 113 Å². The second-order valence-electron chi connectivity index (χ2n) is 3.97. The molecule has 102 valence electrons. The highest BCUT2D eigenvalue weighted by Crippen LogP contribution is 2.22. The average Bonchev–Trinajstić information content (AvgIpc) is 2.38. The van der Waals surface area contributed by atoms with Crippen LogP contribution in [0.25, 0.3) is 10.4 Å². The minimum atomic E-state index is -0.613. The van der Waals surface area contributed by atoms with E-state index >= 15 is 0 Å². The molecule has 1 aromatic carbocycles. The Morgan fingerprint density at radius 1 is 1.63 bits per heavy atom. The number of primary amides is 1. The summed E-state index contributed by atoms with van der Waals surface area (Å²) in [7, 11) is 1.59. The van der Waals surface area contributed by atoms with Crippen molar-refractivity contribution in [2.45, 2.75) is 13.0 Å². The molecular formula is C12H17N5O2. The van der Waals surface area contributed by atoms with Crippen LogP contribution in [0.4, 0.5) is 0 Å². The number of hydrogen-bond acceptors (Lipinski definition) is 4. The van der Waals surface area contributed by atoms with E-state index in [0.29, 0.717) is 6.54 Å². The van der Waals surface area contributed by atoms with Crippen LogP contribution in [0.5, 0.6) is 5.75 Å². The first kappa shape index (κ1) is 14.8. The van der Waals surface area contributed by atoms with Crippen LogP contribution in [-0.2, 0) is 4.79 Å². The van der Waals surface area contributed by atoms with Crippen LogP contribution < -0.4 is 15.8 Å². The van der Waals surface area contributed by atoms with Crippen LogP contribution >= 0.6 is 0 Å². The van der Waals surface area contributed by atoms with Gasteiger partial charge in [-0.15, -0.1) is 0 Å². The third-order valence-electron chi connectivity index (χ3n) is 2.66. The number of nitrogens with two attached hydrogens (primary N) is 1. The summed E-state index contributed by atoms with van der Waals surface area (Å²) in [6.45, 7) is 2.53. The van der Waals surface area contributed by atoms with Gasteiger partial charge in [0.15, 0.2) is 0 Å². The van der Waals surface area contributed by atoms with Crippen molar-refractivity contribution in [3.63, 3.8) is 0 Å². The largest absolute Gasteiger partial charge is 0.496 e. The summed E-state index contributed by atoms with van der Waals surface area (Å²) in [4.78, 5) is 14.1. The molecule has 19 heavy (non-hydrogen) atoms. The van der Waals surface area contributed by atoms with Crippen LogP contribution in [0.15, 0.2) is 23.3 Å². The second kappa shape index (κ2) is 7.25. The Balaban J connectivity index is 2.83. The fourth-order valence-electron chi connectivity index (χ4n) is 1.77. The number of amides is 1. The van der Waals surface area contributed by atoms with Gasteiger partial charge in [-0.05, 0) is 29.6 Å². The summed E-state index contributed by atoms with van der Waals surface area (Å²) in [6.07, 6.45) is 0. The van der Waals surface area contributed by atoms with Crippen molar-refractivity contribution in [3.05, 3.63) is 39.8 Å². The highest BCUT2D eigenvalue weighted by Gasteiger charge is 2.17. The van der Waals surface area contributed by atoms with Gasteiger partial charge >= 0.3 is 0 Å². The number of nitrogens with zero attached hydrogens (tertiary/aromatic N) is 3. The molecule has 7 heteroatoms. The Hall–Kier alpha value is -2.24. The third-order valence-corrected chi connectivity index (χ3v) is 2.66. The lowest BCUT2D eigenvalue weighted by molar-refractivity contribution is -0.120. The van der Waals surface area contributed by atoms with Crippen LogP contribution in [0.1, 0.15) is 17.2 Å². The first-order chi connectivity index (χ1) is 9.10. The third kappa shape index (κ3) is 4.17. The van der Waals surface area contributed by atoms with Crippen LogP contribution in [0.2, 0.25) is 0 Å². The van der Waals surface area contributed by atoms with Crippen LogP contribution in [0.3, 0.4) is 0 Å². The molecule has 1 rings (SSSR count). The molecule has 3 N–H and O–H groups in total. The average molecular weight is 263 g/mol. The molecule has 0 radical (unpaired) electrons. The van der Waals surface area contributed by atoms with Crippen molar-refractivity contribution in [2.75, 3.05) is 20.2 Å². The maximum atomic E-state index is 11.5. The Labute approximate surface area is 111 Å². The van der Waals surface area contributed by atoms with Gasteiger partial charge in [0.2, 0.25) is 5.91 Å². The number of hydrogen-bond donors (Lipinski definition) is 2. The minimum absolute atomic E-state index is 0.259. The Morgan fingerprint density at radius 2 is 2.37 bits per heavy atom. The van der Waals surface area contributed by atoms with E-state index in [1.807, 2.05) is 13.0 Å².